The highest BCUT2D eigenvalue weighted by Crippen LogP contribution is 2.31. The molecule has 0 N–H and O–H groups in total. The van der Waals surface area contributed by atoms with E-state index >= 15 is 4.39 Å². The summed E-state index contributed by atoms with van der Waals surface area (Å²) < 4.78 is 29.0. The molecule has 0 radical (unpaired) electrons. The van der Waals surface area contributed by atoms with Crippen molar-refractivity contribution < 1.29 is 8.78 Å². The second kappa shape index (κ2) is 7.85. The Morgan fingerprint density at radius 2 is 1.52 bits per heavy atom. The van der Waals surface area contributed by atoms with Crippen LogP contribution in [0, 0.1) is 23.0 Å². The SMILES string of the molecule is CCCc1ccc2c(F)c(-c3ccc(-c4ccc(C#N)c(F)c4)cc3)ccc2c1. The number of hydrogen-bond donors (Lipinski definition) is 0. The minimum absolute atomic E-state index is 0.0192. The number of nitrogens with zero attached hydrogens (tertiary/aromatic N) is 1. The first-order valence-electron chi connectivity index (χ1n) is 9.62. The Bertz CT molecular complexity index is 1230. The zero-order valence-electron chi connectivity index (χ0n) is 16.0. The van der Waals surface area contributed by atoms with E-state index < -0.39 is 5.82 Å². The Balaban J connectivity index is 1.69. The van der Waals surface area contributed by atoms with E-state index in [-0.39, 0.29) is 11.4 Å². The van der Waals surface area contributed by atoms with Crippen molar-refractivity contribution in [1.29, 1.82) is 5.26 Å². The van der Waals surface area contributed by atoms with Crippen LogP contribution in [0.3, 0.4) is 0 Å². The van der Waals surface area contributed by atoms with Gasteiger partial charge in [0.1, 0.15) is 17.7 Å². The van der Waals surface area contributed by atoms with Gasteiger partial charge in [0.05, 0.1) is 5.56 Å². The van der Waals surface area contributed by atoms with Crippen molar-refractivity contribution in [3.05, 3.63) is 95.6 Å². The molecule has 1 nitrogen and oxygen atoms in total. The highest BCUT2D eigenvalue weighted by Gasteiger charge is 2.11. The maximum absolute atomic E-state index is 15.2. The van der Waals surface area contributed by atoms with Crippen molar-refractivity contribution in [2.75, 3.05) is 0 Å². The van der Waals surface area contributed by atoms with E-state index in [1.165, 1.54) is 17.7 Å². The number of rotatable bonds is 4. The lowest BCUT2D eigenvalue weighted by Gasteiger charge is -2.10. The van der Waals surface area contributed by atoms with Crippen LogP contribution in [-0.4, -0.2) is 0 Å². The molecule has 4 rings (SSSR count). The smallest absolute Gasteiger partial charge is 0.141 e. The summed E-state index contributed by atoms with van der Waals surface area (Å²) in [5.41, 5.74) is 4.02. The van der Waals surface area contributed by atoms with E-state index in [2.05, 4.69) is 6.92 Å². The molecule has 0 atom stereocenters. The summed E-state index contributed by atoms with van der Waals surface area (Å²) in [6.45, 7) is 2.13. The van der Waals surface area contributed by atoms with E-state index in [1.54, 1.807) is 6.07 Å². The molecule has 0 aromatic heterocycles. The molecule has 0 aliphatic carbocycles. The molecule has 4 aromatic carbocycles. The Labute approximate surface area is 168 Å². The van der Waals surface area contributed by atoms with Crippen LogP contribution in [0.2, 0.25) is 0 Å². The molecule has 0 aliphatic rings. The molecule has 0 spiro atoms. The molecule has 0 bridgehead atoms. The Morgan fingerprint density at radius 1 is 0.793 bits per heavy atom. The third-order valence-corrected chi connectivity index (χ3v) is 5.18. The standard InChI is InChI=1S/C26H19F2N/c1-2-3-17-4-12-24-21(14-17)11-13-23(26(24)28)19-7-5-18(6-8-19)20-9-10-22(16-29)25(27)15-20/h4-15H,2-3H2,1H3. The van der Waals surface area contributed by atoms with Crippen LogP contribution in [0.5, 0.6) is 0 Å². The number of hydrogen-bond acceptors (Lipinski definition) is 1. The molecule has 0 unspecified atom stereocenters. The van der Waals surface area contributed by atoms with Crippen molar-refractivity contribution in [1.82, 2.24) is 0 Å². The van der Waals surface area contributed by atoms with Gasteiger partial charge in [-0.2, -0.15) is 5.26 Å². The highest BCUT2D eigenvalue weighted by molar-refractivity contribution is 5.89. The predicted molar refractivity (Wildman–Crippen MR) is 113 cm³/mol. The second-order valence-corrected chi connectivity index (χ2v) is 7.12. The van der Waals surface area contributed by atoms with Crippen LogP contribution >= 0.6 is 0 Å². The summed E-state index contributed by atoms with van der Waals surface area (Å²) in [6.07, 6.45) is 2.04. The summed E-state index contributed by atoms with van der Waals surface area (Å²) in [4.78, 5) is 0. The largest absolute Gasteiger partial charge is 0.206 e. The first kappa shape index (κ1) is 18.8. The molecule has 0 heterocycles. The van der Waals surface area contributed by atoms with Gasteiger partial charge in [-0.3, -0.25) is 0 Å². The Hall–Kier alpha value is -3.51. The molecule has 0 amide bonds. The molecule has 0 aliphatic heterocycles. The van der Waals surface area contributed by atoms with E-state index in [0.29, 0.717) is 16.5 Å². The van der Waals surface area contributed by atoms with Crippen LogP contribution in [0.1, 0.15) is 24.5 Å². The molecule has 0 fully saturated rings. The maximum Gasteiger partial charge on any atom is 0.141 e. The van der Waals surface area contributed by atoms with Crippen LogP contribution in [0.4, 0.5) is 8.78 Å². The van der Waals surface area contributed by atoms with Crippen molar-refractivity contribution in [2.45, 2.75) is 19.8 Å². The molecule has 0 saturated heterocycles. The fourth-order valence-corrected chi connectivity index (χ4v) is 3.64. The quantitative estimate of drug-likeness (QED) is 0.363. The van der Waals surface area contributed by atoms with Crippen LogP contribution in [-0.2, 0) is 6.42 Å². The van der Waals surface area contributed by atoms with Crippen molar-refractivity contribution >= 4 is 10.8 Å². The van der Waals surface area contributed by atoms with Gasteiger partial charge in [0.25, 0.3) is 0 Å². The average molecular weight is 383 g/mol. The molecule has 142 valence electrons. The highest BCUT2D eigenvalue weighted by atomic mass is 19.1. The number of nitriles is 1. The van der Waals surface area contributed by atoms with Gasteiger partial charge in [0, 0.05) is 10.9 Å². The summed E-state index contributed by atoms with van der Waals surface area (Å²) in [5.74, 6) is -0.778. The summed E-state index contributed by atoms with van der Waals surface area (Å²) in [7, 11) is 0. The van der Waals surface area contributed by atoms with Gasteiger partial charge in [-0.05, 0) is 46.2 Å². The fraction of sp³-hybridized carbons (Fsp3) is 0.115. The number of benzene rings is 4. The topological polar surface area (TPSA) is 23.8 Å². The molecule has 0 saturated carbocycles. The third-order valence-electron chi connectivity index (χ3n) is 5.18. The van der Waals surface area contributed by atoms with E-state index in [9.17, 15) is 4.39 Å². The first-order chi connectivity index (χ1) is 14.1. The van der Waals surface area contributed by atoms with E-state index in [0.717, 1.165) is 29.4 Å². The summed E-state index contributed by atoms with van der Waals surface area (Å²) in [5, 5.41) is 10.4. The van der Waals surface area contributed by atoms with Crippen LogP contribution < -0.4 is 0 Å². The zero-order chi connectivity index (χ0) is 20.4. The molecular weight excluding hydrogens is 364 g/mol. The third kappa shape index (κ3) is 3.62. The zero-order valence-corrected chi connectivity index (χ0v) is 16.0. The lowest BCUT2D eigenvalue weighted by atomic mass is 9.96. The predicted octanol–water partition coefficient (Wildman–Crippen LogP) is 7.28. The minimum Gasteiger partial charge on any atom is -0.206 e. The first-order valence-corrected chi connectivity index (χ1v) is 9.62. The number of halogens is 2. The number of fused-ring (bicyclic) bond motifs is 1. The van der Waals surface area contributed by atoms with Gasteiger partial charge < -0.3 is 0 Å². The molecule has 4 aromatic rings. The average Bonchev–Trinajstić information content (AvgIpc) is 2.74. The van der Waals surface area contributed by atoms with Crippen molar-refractivity contribution in [3.8, 4) is 28.3 Å². The lowest BCUT2D eigenvalue weighted by Crippen LogP contribution is -1.90. The summed E-state index contributed by atoms with van der Waals surface area (Å²) >= 11 is 0. The molecular formula is C26H19F2N. The molecule has 3 heteroatoms. The lowest BCUT2D eigenvalue weighted by molar-refractivity contribution is 0.624. The van der Waals surface area contributed by atoms with Gasteiger partial charge in [0.15, 0.2) is 0 Å². The Morgan fingerprint density at radius 3 is 2.21 bits per heavy atom. The van der Waals surface area contributed by atoms with E-state index in [1.807, 2.05) is 60.7 Å². The minimum atomic E-state index is -0.544. The van der Waals surface area contributed by atoms with Crippen LogP contribution in [0.25, 0.3) is 33.0 Å². The molecule has 29 heavy (non-hydrogen) atoms. The normalized spacial score (nSPS) is 10.8. The fourth-order valence-electron chi connectivity index (χ4n) is 3.64. The Kier molecular flexibility index (Phi) is 5.10. The van der Waals surface area contributed by atoms with E-state index in [4.69, 9.17) is 5.26 Å². The summed E-state index contributed by atoms with van der Waals surface area (Å²) in [6, 6.07) is 23.3. The monoisotopic (exact) mass is 383 g/mol. The van der Waals surface area contributed by atoms with Crippen molar-refractivity contribution in [3.63, 3.8) is 0 Å². The number of aryl methyl sites for hydroxylation is 1. The van der Waals surface area contributed by atoms with Gasteiger partial charge in [-0.15, -0.1) is 0 Å². The van der Waals surface area contributed by atoms with Crippen molar-refractivity contribution in [2.24, 2.45) is 0 Å². The maximum atomic E-state index is 15.2. The van der Waals surface area contributed by atoms with Gasteiger partial charge >= 0.3 is 0 Å². The van der Waals surface area contributed by atoms with Crippen LogP contribution in [0.15, 0.2) is 72.8 Å². The van der Waals surface area contributed by atoms with Gasteiger partial charge in [-0.1, -0.05) is 74.0 Å². The second-order valence-electron chi connectivity index (χ2n) is 7.12. The van der Waals surface area contributed by atoms with Gasteiger partial charge in [-0.25, -0.2) is 8.78 Å². The van der Waals surface area contributed by atoms with Gasteiger partial charge in [0.2, 0.25) is 0 Å².